The molecular weight excluding hydrogens is 448 g/mol. The summed E-state index contributed by atoms with van der Waals surface area (Å²) in [5, 5.41) is 4.32. The average molecular weight is 481 g/mol. The van der Waals surface area contributed by atoms with Crippen molar-refractivity contribution < 1.29 is 0 Å². The maximum absolute atomic E-state index is 5.93. The zero-order chi connectivity index (χ0) is 24.7. The summed E-state index contributed by atoms with van der Waals surface area (Å²) < 4.78 is 2.35. The highest BCUT2D eigenvalue weighted by molar-refractivity contribution is 7.80. The molecule has 0 spiro atoms. The Bertz CT molecular complexity index is 1360. The van der Waals surface area contributed by atoms with Gasteiger partial charge in [-0.15, -0.1) is 0 Å². The molecule has 0 bridgehead atoms. The Morgan fingerprint density at radius 1 is 0.886 bits per heavy atom. The zero-order valence-electron chi connectivity index (χ0n) is 21.0. The van der Waals surface area contributed by atoms with Gasteiger partial charge in [-0.2, -0.15) is 0 Å². The lowest BCUT2D eigenvalue weighted by Gasteiger charge is -2.28. The summed E-state index contributed by atoms with van der Waals surface area (Å²) in [5.41, 5.74) is 9.50. The van der Waals surface area contributed by atoms with Crippen LogP contribution in [0.25, 0.3) is 5.69 Å². The van der Waals surface area contributed by atoms with E-state index in [-0.39, 0.29) is 12.1 Å². The second-order valence-electron chi connectivity index (χ2n) is 9.74. The fourth-order valence-electron chi connectivity index (χ4n) is 5.22. The number of aromatic nitrogens is 2. The van der Waals surface area contributed by atoms with Gasteiger partial charge in [0.2, 0.25) is 0 Å². The van der Waals surface area contributed by atoms with Crippen LogP contribution in [0.4, 0.5) is 5.69 Å². The third kappa shape index (κ3) is 4.25. The maximum Gasteiger partial charge on any atom is 0.174 e. The van der Waals surface area contributed by atoms with Crippen molar-refractivity contribution in [3.8, 4) is 5.69 Å². The molecule has 1 aliphatic rings. The molecule has 0 amide bonds. The van der Waals surface area contributed by atoms with Gasteiger partial charge >= 0.3 is 0 Å². The third-order valence-electron chi connectivity index (χ3n) is 6.98. The van der Waals surface area contributed by atoms with Crippen molar-refractivity contribution >= 4 is 23.0 Å². The molecule has 1 N–H and O–H groups in total. The van der Waals surface area contributed by atoms with Crippen molar-refractivity contribution in [3.63, 3.8) is 0 Å². The van der Waals surface area contributed by atoms with E-state index in [1.54, 1.807) is 0 Å². The summed E-state index contributed by atoms with van der Waals surface area (Å²) in [6, 6.07) is 25.8. The standard InChI is InChI=1S/C30H32N4S/c1-19(2)23-12-14-24(15-13-23)34-29(28(32-30(34)35)27-11-6-7-16-31-27)26-18-21(4)33(22(26)5)25-10-8-9-20(3)17-25/h6-19,28-29H,1-5H3,(H,32,35)/t28-,29+/m1/s1. The Balaban J connectivity index is 1.66. The predicted molar refractivity (Wildman–Crippen MR) is 148 cm³/mol. The summed E-state index contributed by atoms with van der Waals surface area (Å²) in [4.78, 5) is 6.97. The molecule has 3 heterocycles. The Morgan fingerprint density at radius 2 is 1.66 bits per heavy atom. The van der Waals surface area contributed by atoms with E-state index in [4.69, 9.17) is 17.2 Å². The first-order chi connectivity index (χ1) is 16.8. The van der Waals surface area contributed by atoms with E-state index in [0.717, 1.165) is 16.5 Å². The lowest BCUT2D eigenvalue weighted by molar-refractivity contribution is 0.565. The summed E-state index contributed by atoms with van der Waals surface area (Å²) in [7, 11) is 0. The third-order valence-corrected chi connectivity index (χ3v) is 7.30. The average Bonchev–Trinajstić information content (AvgIpc) is 3.34. The molecule has 0 saturated carbocycles. The molecule has 35 heavy (non-hydrogen) atoms. The van der Waals surface area contributed by atoms with Crippen molar-refractivity contribution in [2.45, 2.75) is 52.6 Å². The van der Waals surface area contributed by atoms with Crippen LogP contribution in [0.5, 0.6) is 0 Å². The number of benzene rings is 2. The van der Waals surface area contributed by atoms with Gasteiger partial charge in [0.15, 0.2) is 5.11 Å². The summed E-state index contributed by atoms with van der Waals surface area (Å²) in [6.07, 6.45) is 1.85. The number of rotatable bonds is 5. The van der Waals surface area contributed by atoms with Crippen LogP contribution >= 0.6 is 12.2 Å². The van der Waals surface area contributed by atoms with Crippen molar-refractivity contribution in [2.75, 3.05) is 4.90 Å². The number of nitrogens with one attached hydrogen (secondary N) is 1. The number of hydrogen-bond acceptors (Lipinski definition) is 2. The minimum Gasteiger partial charge on any atom is -0.351 e. The van der Waals surface area contributed by atoms with Gasteiger partial charge in [0.1, 0.15) is 0 Å². The summed E-state index contributed by atoms with van der Waals surface area (Å²) in [6.45, 7) is 11.0. The summed E-state index contributed by atoms with van der Waals surface area (Å²) in [5.74, 6) is 0.484. The van der Waals surface area contributed by atoms with Gasteiger partial charge in [0.05, 0.1) is 17.8 Å². The Kier molecular flexibility index (Phi) is 6.20. The van der Waals surface area contributed by atoms with Crippen LogP contribution in [0, 0.1) is 20.8 Å². The molecule has 2 aromatic carbocycles. The van der Waals surface area contributed by atoms with Crippen molar-refractivity contribution in [1.82, 2.24) is 14.9 Å². The van der Waals surface area contributed by atoms with Crippen LogP contribution in [-0.2, 0) is 0 Å². The molecule has 2 aromatic heterocycles. The minimum absolute atomic E-state index is 0.0212. The van der Waals surface area contributed by atoms with Crippen molar-refractivity contribution in [2.24, 2.45) is 0 Å². The molecule has 2 atom stereocenters. The number of nitrogens with zero attached hydrogens (tertiary/aromatic N) is 3. The molecule has 0 aliphatic carbocycles. The number of hydrogen-bond donors (Lipinski definition) is 1. The van der Waals surface area contributed by atoms with E-state index in [1.807, 2.05) is 18.3 Å². The van der Waals surface area contributed by atoms with E-state index in [9.17, 15) is 0 Å². The van der Waals surface area contributed by atoms with Crippen molar-refractivity contribution in [3.05, 3.63) is 113 Å². The van der Waals surface area contributed by atoms with Crippen LogP contribution in [0.1, 0.15) is 65.6 Å². The van der Waals surface area contributed by atoms with Gasteiger partial charge in [-0.25, -0.2) is 0 Å². The van der Waals surface area contributed by atoms with E-state index in [1.165, 1.54) is 33.8 Å². The molecule has 4 nitrogen and oxygen atoms in total. The van der Waals surface area contributed by atoms with Crippen molar-refractivity contribution in [1.29, 1.82) is 0 Å². The maximum atomic E-state index is 5.93. The number of pyridine rings is 1. The van der Waals surface area contributed by atoms with Crippen LogP contribution in [0.3, 0.4) is 0 Å². The van der Waals surface area contributed by atoms with Gasteiger partial charge in [0, 0.05) is 29.0 Å². The first kappa shape index (κ1) is 23.3. The highest BCUT2D eigenvalue weighted by Gasteiger charge is 2.42. The SMILES string of the molecule is Cc1cccc(-n2c(C)cc([C@H]3[C@@H](c4ccccn4)NC(=S)N3c3ccc(C(C)C)cc3)c2C)c1. The zero-order valence-corrected chi connectivity index (χ0v) is 21.8. The second-order valence-corrected chi connectivity index (χ2v) is 10.1. The lowest BCUT2D eigenvalue weighted by atomic mass is 9.96. The molecule has 0 unspecified atom stereocenters. The minimum atomic E-state index is -0.0556. The van der Waals surface area contributed by atoms with E-state index in [0.29, 0.717) is 5.92 Å². The Hall–Kier alpha value is -3.44. The van der Waals surface area contributed by atoms with Gasteiger partial charge in [-0.05, 0) is 98.1 Å². The van der Waals surface area contributed by atoms with E-state index >= 15 is 0 Å². The molecule has 5 rings (SSSR count). The lowest BCUT2D eigenvalue weighted by Crippen LogP contribution is -2.29. The molecule has 1 aliphatic heterocycles. The first-order valence-electron chi connectivity index (χ1n) is 12.2. The molecule has 4 aromatic rings. The van der Waals surface area contributed by atoms with Crippen LogP contribution < -0.4 is 10.2 Å². The molecule has 0 radical (unpaired) electrons. The van der Waals surface area contributed by atoms with Gasteiger partial charge in [0.25, 0.3) is 0 Å². The topological polar surface area (TPSA) is 33.1 Å². The molecule has 5 heteroatoms. The molecular formula is C30H32N4S. The summed E-state index contributed by atoms with van der Waals surface area (Å²) >= 11 is 5.93. The smallest absolute Gasteiger partial charge is 0.174 e. The fourth-order valence-corrected chi connectivity index (χ4v) is 5.57. The molecule has 1 saturated heterocycles. The molecule has 178 valence electrons. The molecule has 1 fully saturated rings. The fraction of sp³-hybridized carbons (Fsp3) is 0.267. The second kappa shape index (κ2) is 9.31. The first-order valence-corrected chi connectivity index (χ1v) is 12.6. The number of thiocarbonyl (C=S) groups is 1. The highest BCUT2D eigenvalue weighted by Crippen LogP contribution is 2.44. The Morgan fingerprint density at radius 3 is 2.31 bits per heavy atom. The van der Waals surface area contributed by atoms with Crippen LogP contribution in [0.15, 0.2) is 79.0 Å². The normalized spacial score (nSPS) is 17.8. The number of aryl methyl sites for hydroxylation is 2. The highest BCUT2D eigenvalue weighted by atomic mass is 32.1. The number of anilines is 1. The van der Waals surface area contributed by atoms with Crippen LogP contribution in [-0.4, -0.2) is 14.7 Å². The monoisotopic (exact) mass is 480 g/mol. The van der Waals surface area contributed by atoms with Gasteiger partial charge in [-0.1, -0.05) is 44.2 Å². The largest absolute Gasteiger partial charge is 0.351 e. The quantitative estimate of drug-likeness (QED) is 0.309. The van der Waals surface area contributed by atoms with Crippen LogP contribution in [0.2, 0.25) is 0 Å². The van der Waals surface area contributed by atoms with Gasteiger partial charge in [-0.3, -0.25) is 4.98 Å². The Labute approximate surface area is 213 Å². The predicted octanol–water partition coefficient (Wildman–Crippen LogP) is 7.10. The van der Waals surface area contributed by atoms with E-state index in [2.05, 4.69) is 110 Å². The van der Waals surface area contributed by atoms with Gasteiger partial charge < -0.3 is 14.8 Å². The van der Waals surface area contributed by atoms with E-state index < -0.39 is 0 Å².